The number of nitrogens with one attached hydrogen (secondary N) is 2. The minimum absolute atomic E-state index is 0.0558. The minimum Gasteiger partial charge on any atom is -0.377 e. The highest BCUT2D eigenvalue weighted by molar-refractivity contribution is 7.89. The SMILES string of the molecule is O=C(NCCc1cccc(Cl)c1)c1ccc(Cl)c(S(=O)(=O)NCC2CCCO2)c1. The van der Waals surface area contributed by atoms with E-state index in [9.17, 15) is 13.2 Å². The third kappa shape index (κ3) is 6.17. The van der Waals surface area contributed by atoms with E-state index in [0.717, 1.165) is 18.4 Å². The van der Waals surface area contributed by atoms with Gasteiger partial charge < -0.3 is 10.1 Å². The second-order valence-corrected chi connectivity index (χ2v) is 9.35. The molecule has 1 heterocycles. The summed E-state index contributed by atoms with van der Waals surface area (Å²) in [5, 5.41) is 3.47. The van der Waals surface area contributed by atoms with E-state index in [0.29, 0.717) is 24.6 Å². The van der Waals surface area contributed by atoms with E-state index >= 15 is 0 Å². The zero-order valence-electron chi connectivity index (χ0n) is 15.7. The zero-order valence-corrected chi connectivity index (χ0v) is 18.0. The molecule has 0 saturated carbocycles. The number of amides is 1. The van der Waals surface area contributed by atoms with Gasteiger partial charge in [-0.15, -0.1) is 0 Å². The van der Waals surface area contributed by atoms with Crippen LogP contribution in [0.3, 0.4) is 0 Å². The van der Waals surface area contributed by atoms with Crippen LogP contribution in [0.1, 0.15) is 28.8 Å². The van der Waals surface area contributed by atoms with Crippen molar-refractivity contribution >= 4 is 39.1 Å². The number of hydrogen-bond acceptors (Lipinski definition) is 4. The number of carbonyl (C=O) groups is 1. The number of ether oxygens (including phenoxy) is 1. The van der Waals surface area contributed by atoms with Crippen molar-refractivity contribution in [3.8, 4) is 0 Å². The topological polar surface area (TPSA) is 84.5 Å². The molecule has 2 N–H and O–H groups in total. The fourth-order valence-corrected chi connectivity index (χ4v) is 4.85. The summed E-state index contributed by atoms with van der Waals surface area (Å²) in [5.74, 6) is -0.376. The highest BCUT2D eigenvalue weighted by atomic mass is 35.5. The van der Waals surface area contributed by atoms with E-state index in [4.69, 9.17) is 27.9 Å². The minimum atomic E-state index is -3.86. The van der Waals surface area contributed by atoms with Crippen LogP contribution in [0.2, 0.25) is 10.0 Å². The number of rotatable bonds is 8. The predicted molar refractivity (Wildman–Crippen MR) is 113 cm³/mol. The summed E-state index contributed by atoms with van der Waals surface area (Å²) in [7, 11) is -3.86. The first-order chi connectivity index (χ1) is 13.8. The normalized spacial score (nSPS) is 16.7. The first kappa shape index (κ1) is 22.1. The quantitative estimate of drug-likeness (QED) is 0.636. The molecule has 0 aromatic heterocycles. The van der Waals surface area contributed by atoms with Crippen LogP contribution in [0.15, 0.2) is 47.4 Å². The van der Waals surface area contributed by atoms with Crippen molar-refractivity contribution in [3.63, 3.8) is 0 Å². The summed E-state index contributed by atoms with van der Waals surface area (Å²) >= 11 is 12.0. The molecule has 1 fully saturated rings. The van der Waals surface area contributed by atoms with Gasteiger partial charge in [-0.2, -0.15) is 0 Å². The molecule has 2 aromatic carbocycles. The number of sulfonamides is 1. The molecule has 29 heavy (non-hydrogen) atoms. The maximum absolute atomic E-state index is 12.6. The van der Waals surface area contributed by atoms with Crippen molar-refractivity contribution in [2.75, 3.05) is 19.7 Å². The molecule has 1 aliphatic rings. The summed E-state index contributed by atoms with van der Waals surface area (Å²) in [6, 6.07) is 11.6. The second kappa shape index (κ2) is 9.91. The molecule has 1 amide bonds. The summed E-state index contributed by atoms with van der Waals surface area (Å²) < 4.78 is 33.2. The Morgan fingerprint density at radius 3 is 2.72 bits per heavy atom. The Morgan fingerprint density at radius 1 is 1.17 bits per heavy atom. The standard InChI is InChI=1S/C20H22Cl2N2O4S/c21-16-4-1-3-14(11-16)8-9-23-20(25)15-6-7-18(22)19(12-15)29(26,27)24-13-17-5-2-10-28-17/h1,3-4,6-7,11-12,17,24H,2,5,8-10,13H2,(H,23,25). The van der Waals surface area contributed by atoms with Gasteiger partial charge in [0.1, 0.15) is 4.90 Å². The van der Waals surface area contributed by atoms with Crippen LogP contribution < -0.4 is 10.0 Å². The molecule has 0 radical (unpaired) electrons. The van der Waals surface area contributed by atoms with E-state index in [1.54, 1.807) is 6.07 Å². The molecule has 156 valence electrons. The van der Waals surface area contributed by atoms with Gasteiger partial charge in [-0.05, 0) is 55.2 Å². The van der Waals surface area contributed by atoms with Gasteiger partial charge in [-0.1, -0.05) is 35.3 Å². The van der Waals surface area contributed by atoms with Gasteiger partial charge in [0.2, 0.25) is 10.0 Å². The molecule has 3 rings (SSSR count). The lowest BCUT2D eigenvalue weighted by Gasteiger charge is -2.13. The Labute approximate surface area is 180 Å². The van der Waals surface area contributed by atoms with Crippen molar-refractivity contribution in [1.29, 1.82) is 0 Å². The molecule has 1 aliphatic heterocycles. The first-order valence-electron chi connectivity index (χ1n) is 9.28. The number of halogens is 2. The monoisotopic (exact) mass is 456 g/mol. The lowest BCUT2D eigenvalue weighted by molar-refractivity contribution is 0.0954. The first-order valence-corrected chi connectivity index (χ1v) is 11.5. The molecule has 1 atom stereocenters. The van der Waals surface area contributed by atoms with Gasteiger partial charge >= 0.3 is 0 Å². The van der Waals surface area contributed by atoms with Gasteiger partial charge in [0, 0.05) is 30.3 Å². The molecule has 2 aromatic rings. The van der Waals surface area contributed by atoms with Gasteiger partial charge in [0.25, 0.3) is 5.91 Å². The Kier molecular flexibility index (Phi) is 7.54. The lowest BCUT2D eigenvalue weighted by atomic mass is 10.1. The molecule has 0 spiro atoms. The average molecular weight is 457 g/mol. The summed E-state index contributed by atoms with van der Waals surface area (Å²) in [6.07, 6.45) is 2.19. The fourth-order valence-electron chi connectivity index (χ4n) is 3.05. The van der Waals surface area contributed by atoms with E-state index < -0.39 is 10.0 Å². The van der Waals surface area contributed by atoms with Crippen LogP contribution in [0.25, 0.3) is 0 Å². The van der Waals surface area contributed by atoms with Crippen LogP contribution in [-0.4, -0.2) is 40.1 Å². The van der Waals surface area contributed by atoms with Crippen LogP contribution in [-0.2, 0) is 21.2 Å². The largest absolute Gasteiger partial charge is 0.377 e. The highest BCUT2D eigenvalue weighted by Crippen LogP contribution is 2.23. The van der Waals surface area contributed by atoms with Crippen molar-refractivity contribution < 1.29 is 17.9 Å². The van der Waals surface area contributed by atoms with Crippen LogP contribution in [0.5, 0.6) is 0 Å². The Balaban J connectivity index is 1.63. The smallest absolute Gasteiger partial charge is 0.251 e. The van der Waals surface area contributed by atoms with Crippen molar-refractivity contribution in [1.82, 2.24) is 10.0 Å². The Hall–Kier alpha value is -1.64. The van der Waals surface area contributed by atoms with E-state index in [2.05, 4.69) is 10.0 Å². The zero-order chi connectivity index (χ0) is 20.9. The lowest BCUT2D eigenvalue weighted by Crippen LogP contribution is -2.32. The molecular weight excluding hydrogens is 435 g/mol. The number of carbonyl (C=O) groups excluding carboxylic acids is 1. The maximum Gasteiger partial charge on any atom is 0.251 e. The molecule has 9 heteroatoms. The maximum atomic E-state index is 12.6. The molecule has 6 nitrogen and oxygen atoms in total. The summed E-state index contributed by atoms with van der Waals surface area (Å²) in [4.78, 5) is 12.3. The third-order valence-corrected chi connectivity index (χ3v) is 6.74. The Bertz CT molecular complexity index is 976. The predicted octanol–water partition coefficient (Wildman–Crippen LogP) is 3.42. The Morgan fingerprint density at radius 2 is 2.00 bits per heavy atom. The average Bonchev–Trinajstić information content (AvgIpc) is 3.20. The molecular formula is C20H22Cl2N2O4S. The molecule has 0 aliphatic carbocycles. The van der Waals surface area contributed by atoms with Gasteiger partial charge in [-0.25, -0.2) is 13.1 Å². The van der Waals surface area contributed by atoms with Crippen LogP contribution in [0.4, 0.5) is 0 Å². The van der Waals surface area contributed by atoms with Crippen molar-refractivity contribution in [2.24, 2.45) is 0 Å². The molecule has 1 unspecified atom stereocenters. The summed E-state index contributed by atoms with van der Waals surface area (Å²) in [5.41, 5.74) is 1.22. The van der Waals surface area contributed by atoms with Crippen molar-refractivity contribution in [3.05, 3.63) is 63.6 Å². The van der Waals surface area contributed by atoms with E-state index in [-0.39, 0.29) is 34.0 Å². The van der Waals surface area contributed by atoms with Gasteiger partial charge in [0.15, 0.2) is 0 Å². The number of hydrogen-bond donors (Lipinski definition) is 2. The van der Waals surface area contributed by atoms with Gasteiger partial charge in [-0.3, -0.25) is 4.79 Å². The van der Waals surface area contributed by atoms with Crippen LogP contribution in [0, 0.1) is 0 Å². The van der Waals surface area contributed by atoms with E-state index in [1.165, 1.54) is 18.2 Å². The number of benzene rings is 2. The van der Waals surface area contributed by atoms with Crippen molar-refractivity contribution in [2.45, 2.75) is 30.3 Å². The second-order valence-electron chi connectivity index (χ2n) is 6.77. The third-order valence-electron chi connectivity index (χ3n) is 4.60. The van der Waals surface area contributed by atoms with E-state index in [1.807, 2.05) is 18.2 Å². The molecule has 0 bridgehead atoms. The molecule has 1 saturated heterocycles. The highest BCUT2D eigenvalue weighted by Gasteiger charge is 2.23. The van der Waals surface area contributed by atoms with Gasteiger partial charge in [0.05, 0.1) is 11.1 Å². The fraction of sp³-hybridized carbons (Fsp3) is 0.350. The summed E-state index contributed by atoms with van der Waals surface area (Å²) in [6.45, 7) is 1.20. The van der Waals surface area contributed by atoms with Crippen LogP contribution >= 0.6 is 23.2 Å².